The molecule has 10 heavy (non-hydrogen) atoms. The van der Waals surface area contributed by atoms with Crippen molar-refractivity contribution in [3.8, 4) is 0 Å². The van der Waals surface area contributed by atoms with Crippen molar-refractivity contribution in [1.82, 2.24) is 10.2 Å². The molecule has 0 aliphatic carbocycles. The zero-order chi connectivity index (χ0) is 7.40. The van der Waals surface area contributed by atoms with Crippen molar-refractivity contribution in [1.29, 1.82) is 0 Å². The lowest BCUT2D eigenvalue weighted by Gasteiger charge is -1.83. The lowest BCUT2D eigenvalue weighted by atomic mass is 10.9. The average molecular weight is 195 g/mol. The average Bonchev–Trinajstić information content (AvgIpc) is 2.37. The Morgan fingerprint density at radius 2 is 2.40 bits per heavy atom. The molecular weight excluding hydrogens is 188 g/mol. The van der Waals surface area contributed by atoms with E-state index in [1.807, 2.05) is 0 Å². The molecule has 1 rings (SSSR count). The topological polar surface area (TPSA) is 25.8 Å². The largest absolute Gasteiger partial charge is 0.174 e. The molecule has 1 aromatic rings. The molecule has 0 aromatic carbocycles. The molecule has 0 radical (unpaired) electrons. The first-order valence-electron chi connectivity index (χ1n) is 2.88. The minimum atomic E-state index is 0.474. The molecule has 0 saturated heterocycles. The second-order valence-electron chi connectivity index (χ2n) is 1.53. The quantitative estimate of drug-likeness (QED) is 0.546. The standard InChI is InChI=1S/C5H7ClN2S2/c1-2-9-5-8-7-4(3-6)10-5/h2-3H2,1H3. The Hall–Kier alpha value is 0.200. The highest BCUT2D eigenvalue weighted by molar-refractivity contribution is 8.00. The molecule has 0 amide bonds. The Kier molecular flexibility index (Phi) is 3.45. The van der Waals surface area contributed by atoms with Gasteiger partial charge in [0.1, 0.15) is 5.01 Å². The van der Waals surface area contributed by atoms with Gasteiger partial charge in [-0.1, -0.05) is 30.0 Å². The highest BCUT2D eigenvalue weighted by atomic mass is 35.5. The first-order valence-corrected chi connectivity index (χ1v) is 5.21. The van der Waals surface area contributed by atoms with Gasteiger partial charge in [0.2, 0.25) is 0 Å². The molecule has 1 heterocycles. The summed E-state index contributed by atoms with van der Waals surface area (Å²) in [5, 5.41) is 8.69. The number of aromatic nitrogens is 2. The first-order chi connectivity index (χ1) is 4.86. The van der Waals surface area contributed by atoms with E-state index in [9.17, 15) is 0 Å². The van der Waals surface area contributed by atoms with Gasteiger partial charge in [0.15, 0.2) is 4.34 Å². The van der Waals surface area contributed by atoms with Crippen LogP contribution in [0.1, 0.15) is 11.9 Å². The van der Waals surface area contributed by atoms with Crippen LogP contribution in [-0.4, -0.2) is 16.0 Å². The van der Waals surface area contributed by atoms with Gasteiger partial charge in [-0.3, -0.25) is 0 Å². The van der Waals surface area contributed by atoms with Gasteiger partial charge in [0.25, 0.3) is 0 Å². The molecule has 1 aromatic heterocycles. The van der Waals surface area contributed by atoms with E-state index in [2.05, 4.69) is 17.1 Å². The molecule has 0 unspecified atom stereocenters. The molecule has 5 heteroatoms. The number of nitrogens with zero attached hydrogens (tertiary/aromatic N) is 2. The van der Waals surface area contributed by atoms with Crippen LogP contribution in [-0.2, 0) is 5.88 Å². The predicted octanol–water partition coefficient (Wildman–Crippen LogP) is 2.39. The van der Waals surface area contributed by atoms with Crippen LogP contribution < -0.4 is 0 Å². The maximum Gasteiger partial charge on any atom is 0.174 e. The maximum atomic E-state index is 5.54. The van der Waals surface area contributed by atoms with Crippen LogP contribution in [0.25, 0.3) is 0 Å². The fourth-order valence-electron chi connectivity index (χ4n) is 0.474. The third-order valence-electron chi connectivity index (χ3n) is 0.830. The van der Waals surface area contributed by atoms with Gasteiger partial charge in [-0.05, 0) is 5.75 Å². The summed E-state index contributed by atoms with van der Waals surface area (Å²) in [4.78, 5) is 0. The van der Waals surface area contributed by atoms with Crippen LogP contribution in [0.15, 0.2) is 4.34 Å². The number of hydrogen-bond acceptors (Lipinski definition) is 4. The summed E-state index contributed by atoms with van der Waals surface area (Å²) in [5.74, 6) is 1.51. The van der Waals surface area contributed by atoms with E-state index >= 15 is 0 Å². The third-order valence-corrected chi connectivity index (χ3v) is 3.18. The Morgan fingerprint density at radius 1 is 1.60 bits per heavy atom. The predicted molar refractivity (Wildman–Crippen MR) is 45.9 cm³/mol. The summed E-state index contributed by atoms with van der Waals surface area (Å²) in [5.41, 5.74) is 0. The van der Waals surface area contributed by atoms with Crippen LogP contribution in [0.4, 0.5) is 0 Å². The number of halogens is 1. The first kappa shape index (κ1) is 8.30. The summed E-state index contributed by atoms with van der Waals surface area (Å²) >= 11 is 8.80. The highest BCUT2D eigenvalue weighted by Crippen LogP contribution is 2.22. The molecule has 0 fully saturated rings. The monoisotopic (exact) mass is 194 g/mol. The Morgan fingerprint density at radius 3 is 2.90 bits per heavy atom. The second-order valence-corrected chi connectivity index (χ2v) is 4.37. The number of alkyl halides is 1. The van der Waals surface area contributed by atoms with Crippen LogP contribution in [0.5, 0.6) is 0 Å². The second kappa shape index (κ2) is 4.16. The lowest BCUT2D eigenvalue weighted by molar-refractivity contribution is 0.977. The molecule has 0 spiro atoms. The van der Waals surface area contributed by atoms with Gasteiger partial charge in [0.05, 0.1) is 5.88 Å². The lowest BCUT2D eigenvalue weighted by Crippen LogP contribution is -1.73. The molecule has 0 atom stereocenters. The van der Waals surface area contributed by atoms with Crippen LogP contribution >= 0.6 is 34.7 Å². The van der Waals surface area contributed by atoms with E-state index in [-0.39, 0.29) is 0 Å². The van der Waals surface area contributed by atoms with E-state index in [0.29, 0.717) is 5.88 Å². The smallest absolute Gasteiger partial charge is 0.141 e. The van der Waals surface area contributed by atoms with E-state index in [1.54, 1.807) is 23.1 Å². The minimum Gasteiger partial charge on any atom is -0.141 e. The maximum absolute atomic E-state index is 5.54. The Balaban J connectivity index is 2.59. The van der Waals surface area contributed by atoms with E-state index in [4.69, 9.17) is 11.6 Å². The van der Waals surface area contributed by atoms with Gasteiger partial charge in [-0.15, -0.1) is 21.8 Å². The van der Waals surface area contributed by atoms with Crippen LogP contribution in [0.3, 0.4) is 0 Å². The van der Waals surface area contributed by atoms with Gasteiger partial charge >= 0.3 is 0 Å². The SMILES string of the molecule is CCSc1nnc(CCl)s1. The summed E-state index contributed by atoms with van der Waals surface area (Å²) in [6, 6.07) is 0. The molecule has 56 valence electrons. The fraction of sp³-hybridized carbons (Fsp3) is 0.600. The van der Waals surface area contributed by atoms with E-state index in [0.717, 1.165) is 15.1 Å². The van der Waals surface area contributed by atoms with Crippen molar-refractivity contribution >= 4 is 34.7 Å². The van der Waals surface area contributed by atoms with Gasteiger partial charge in [0, 0.05) is 0 Å². The summed E-state index contributed by atoms with van der Waals surface area (Å²) in [6.07, 6.45) is 0. The zero-order valence-electron chi connectivity index (χ0n) is 5.50. The van der Waals surface area contributed by atoms with Crippen LogP contribution in [0.2, 0.25) is 0 Å². The fourth-order valence-corrected chi connectivity index (χ4v) is 2.33. The Labute approximate surface area is 73.0 Å². The third kappa shape index (κ3) is 2.11. The van der Waals surface area contributed by atoms with Crippen molar-refractivity contribution in [3.05, 3.63) is 5.01 Å². The number of rotatable bonds is 3. The number of thioether (sulfide) groups is 1. The minimum absolute atomic E-state index is 0.474. The van der Waals surface area contributed by atoms with E-state index < -0.39 is 0 Å². The van der Waals surface area contributed by atoms with Crippen molar-refractivity contribution in [2.24, 2.45) is 0 Å². The molecule has 0 aliphatic heterocycles. The summed E-state index contributed by atoms with van der Waals surface area (Å²) < 4.78 is 1.01. The van der Waals surface area contributed by atoms with Gasteiger partial charge in [-0.2, -0.15) is 0 Å². The normalized spacial score (nSPS) is 10.2. The van der Waals surface area contributed by atoms with Gasteiger partial charge in [-0.25, -0.2) is 0 Å². The molecule has 0 saturated carbocycles. The van der Waals surface area contributed by atoms with Crippen molar-refractivity contribution in [2.75, 3.05) is 5.75 Å². The number of hydrogen-bond donors (Lipinski definition) is 0. The van der Waals surface area contributed by atoms with Crippen LogP contribution in [0, 0.1) is 0 Å². The molecule has 0 bridgehead atoms. The molecule has 0 N–H and O–H groups in total. The van der Waals surface area contributed by atoms with Crippen molar-refractivity contribution in [3.63, 3.8) is 0 Å². The molecule has 0 aliphatic rings. The molecule has 2 nitrogen and oxygen atoms in total. The van der Waals surface area contributed by atoms with Gasteiger partial charge < -0.3 is 0 Å². The van der Waals surface area contributed by atoms with E-state index in [1.165, 1.54) is 0 Å². The Bertz CT molecular complexity index is 201. The molecular formula is C5H7ClN2S2. The van der Waals surface area contributed by atoms with Crippen molar-refractivity contribution in [2.45, 2.75) is 17.1 Å². The summed E-state index contributed by atoms with van der Waals surface area (Å²) in [6.45, 7) is 2.09. The summed E-state index contributed by atoms with van der Waals surface area (Å²) in [7, 11) is 0. The zero-order valence-corrected chi connectivity index (χ0v) is 7.89. The van der Waals surface area contributed by atoms with Crippen molar-refractivity contribution < 1.29 is 0 Å². The highest BCUT2D eigenvalue weighted by Gasteiger charge is 2.00.